The number of aliphatic hydroxyl groups excluding tert-OH is 1. The highest BCUT2D eigenvalue weighted by atomic mass is 35.5. The number of rotatable bonds is 9. The lowest BCUT2D eigenvalue weighted by molar-refractivity contribution is -0.130. The summed E-state index contributed by atoms with van der Waals surface area (Å²) in [6.07, 6.45) is 3.47. The highest BCUT2D eigenvalue weighted by Gasteiger charge is 2.56. The first-order chi connectivity index (χ1) is 18.4. The van der Waals surface area contributed by atoms with Crippen LogP contribution in [0.15, 0.2) is 59.5 Å². The fraction of sp³-hybridized carbons (Fsp3) is 0.367. The average Bonchev–Trinajstić information content (AvgIpc) is 3.64. The predicted octanol–water partition coefficient (Wildman–Crippen LogP) is 6.73. The van der Waals surface area contributed by atoms with Gasteiger partial charge in [0.05, 0.1) is 36.5 Å². The summed E-state index contributed by atoms with van der Waals surface area (Å²) >= 11 is 14.0. The van der Waals surface area contributed by atoms with E-state index in [1.54, 1.807) is 50.2 Å². The van der Waals surface area contributed by atoms with Gasteiger partial charge in [0.1, 0.15) is 5.82 Å². The van der Waals surface area contributed by atoms with Gasteiger partial charge in [-0.2, -0.15) is 0 Å². The van der Waals surface area contributed by atoms with Gasteiger partial charge in [-0.3, -0.25) is 9.69 Å². The van der Waals surface area contributed by atoms with E-state index < -0.39 is 28.5 Å². The van der Waals surface area contributed by atoms with Gasteiger partial charge in [-0.25, -0.2) is 4.39 Å². The van der Waals surface area contributed by atoms with Gasteiger partial charge in [0, 0.05) is 25.9 Å². The molecule has 206 valence electrons. The monoisotopic (exact) mass is 589 g/mol. The zero-order valence-electron chi connectivity index (χ0n) is 21.9. The molecule has 5 rings (SSSR count). The molecule has 1 unspecified atom stereocenters. The van der Waals surface area contributed by atoms with Gasteiger partial charge in [0.15, 0.2) is 5.72 Å². The molecule has 9 heteroatoms. The molecule has 1 saturated carbocycles. The Labute approximate surface area is 241 Å². The van der Waals surface area contributed by atoms with E-state index in [9.17, 15) is 15.0 Å². The van der Waals surface area contributed by atoms with Crippen molar-refractivity contribution in [2.45, 2.75) is 49.5 Å². The van der Waals surface area contributed by atoms with Crippen LogP contribution in [0, 0.1) is 11.2 Å². The van der Waals surface area contributed by atoms with Crippen molar-refractivity contribution in [3.8, 4) is 0 Å². The Morgan fingerprint density at radius 2 is 1.74 bits per heavy atom. The fourth-order valence-electron chi connectivity index (χ4n) is 5.09. The van der Waals surface area contributed by atoms with Crippen molar-refractivity contribution in [3.63, 3.8) is 0 Å². The highest BCUT2D eigenvalue weighted by molar-refractivity contribution is 7.98. The Hall–Kier alpha value is -2.13. The van der Waals surface area contributed by atoms with E-state index in [1.807, 2.05) is 18.4 Å². The summed E-state index contributed by atoms with van der Waals surface area (Å²) in [4.78, 5) is 16.7. The maximum atomic E-state index is 16.3. The first-order valence-electron chi connectivity index (χ1n) is 12.7. The van der Waals surface area contributed by atoms with Crippen molar-refractivity contribution in [3.05, 3.63) is 98.3 Å². The smallest absolute Gasteiger partial charge is 0.257 e. The molecule has 1 heterocycles. The summed E-state index contributed by atoms with van der Waals surface area (Å²) < 4.78 is 23.0. The molecule has 5 nitrogen and oxygen atoms in total. The Morgan fingerprint density at radius 1 is 1.08 bits per heavy atom. The number of halogens is 3. The quantitative estimate of drug-likeness (QED) is 0.271. The van der Waals surface area contributed by atoms with Crippen LogP contribution >= 0.6 is 35.0 Å². The van der Waals surface area contributed by atoms with Crippen LogP contribution in [-0.2, 0) is 22.6 Å². The Balaban J connectivity index is 1.76. The van der Waals surface area contributed by atoms with Crippen LogP contribution in [0.3, 0.4) is 0 Å². The molecular formula is C30H30Cl2FNO4S. The van der Waals surface area contributed by atoms with Gasteiger partial charge in [0.2, 0.25) is 0 Å². The number of ether oxygens (including phenoxy) is 1. The largest absolute Gasteiger partial charge is 0.396 e. The molecule has 3 aromatic rings. The second kappa shape index (κ2) is 10.4. The van der Waals surface area contributed by atoms with Gasteiger partial charge in [-0.15, -0.1) is 11.8 Å². The van der Waals surface area contributed by atoms with E-state index in [0.717, 1.165) is 23.3 Å². The molecule has 0 spiro atoms. The third kappa shape index (κ3) is 5.09. The third-order valence-electron chi connectivity index (χ3n) is 7.68. The first-order valence-corrected chi connectivity index (χ1v) is 14.6. The molecule has 0 saturated heterocycles. The van der Waals surface area contributed by atoms with Gasteiger partial charge < -0.3 is 14.9 Å². The van der Waals surface area contributed by atoms with Crippen molar-refractivity contribution in [1.82, 2.24) is 4.90 Å². The van der Waals surface area contributed by atoms with E-state index in [0.29, 0.717) is 15.6 Å². The van der Waals surface area contributed by atoms with E-state index in [1.165, 1.54) is 22.7 Å². The highest BCUT2D eigenvalue weighted by Crippen LogP contribution is 2.52. The van der Waals surface area contributed by atoms with E-state index in [2.05, 4.69) is 0 Å². The molecule has 39 heavy (non-hydrogen) atoms. The second-order valence-corrected chi connectivity index (χ2v) is 12.6. The molecule has 0 radical (unpaired) electrons. The number of hydrogen-bond donors (Lipinski definition) is 2. The standard InChI is InChI=1S/C30H30Cl2FNO4S/c1-28(2,37)20-12-23-26(24(33)13-20)30(19-5-8-21(31)9-6-19,38-17-29(16-35)10-11-29)34(27(23)36)15-18-4-7-22(32)14-25(18)39-3/h4-9,12-14,35,37H,10-11,15-17H2,1-3H3. The minimum atomic E-state index is -1.64. The van der Waals surface area contributed by atoms with Crippen molar-refractivity contribution in [2.24, 2.45) is 5.41 Å². The Bertz CT molecular complexity index is 1420. The molecule has 0 aromatic heterocycles. The predicted molar refractivity (Wildman–Crippen MR) is 152 cm³/mol. The third-order valence-corrected chi connectivity index (χ3v) is 8.99. The van der Waals surface area contributed by atoms with Gasteiger partial charge in [-0.05, 0) is 80.5 Å². The molecule has 1 aliphatic carbocycles. The zero-order chi connectivity index (χ0) is 28.2. The van der Waals surface area contributed by atoms with Crippen molar-refractivity contribution >= 4 is 40.9 Å². The van der Waals surface area contributed by atoms with Crippen LogP contribution in [0.2, 0.25) is 10.0 Å². The lowest BCUT2D eigenvalue weighted by atomic mass is 9.88. The Kier molecular flexibility index (Phi) is 7.55. The number of thioether (sulfide) groups is 1. The number of nitrogens with zero attached hydrogens (tertiary/aromatic N) is 1. The van der Waals surface area contributed by atoms with E-state index >= 15 is 4.39 Å². The number of aliphatic hydroxyl groups is 2. The van der Waals surface area contributed by atoms with Crippen LogP contribution in [0.5, 0.6) is 0 Å². The summed E-state index contributed by atoms with van der Waals surface area (Å²) in [6, 6.07) is 15.1. The normalized spacial score (nSPS) is 19.9. The summed E-state index contributed by atoms with van der Waals surface area (Å²) in [5.41, 5.74) is -1.62. The average molecular weight is 591 g/mol. The Morgan fingerprint density at radius 3 is 2.33 bits per heavy atom. The molecule has 2 N–H and O–H groups in total. The van der Waals surface area contributed by atoms with E-state index in [-0.39, 0.29) is 36.4 Å². The van der Waals surface area contributed by atoms with Crippen LogP contribution in [0.1, 0.15) is 59.3 Å². The molecule has 3 aromatic carbocycles. The van der Waals surface area contributed by atoms with E-state index in [4.69, 9.17) is 27.9 Å². The molecular weight excluding hydrogens is 560 g/mol. The molecule has 0 bridgehead atoms. The van der Waals surface area contributed by atoms with Crippen molar-refractivity contribution in [2.75, 3.05) is 19.5 Å². The van der Waals surface area contributed by atoms with Crippen molar-refractivity contribution < 1.29 is 24.1 Å². The zero-order valence-corrected chi connectivity index (χ0v) is 24.3. The summed E-state index contributed by atoms with van der Waals surface area (Å²) in [6.45, 7) is 3.25. The molecule has 1 amide bonds. The van der Waals surface area contributed by atoms with Gasteiger partial charge in [-0.1, -0.05) is 41.4 Å². The van der Waals surface area contributed by atoms with Crippen LogP contribution in [-0.4, -0.2) is 40.5 Å². The molecule has 1 atom stereocenters. The summed E-state index contributed by atoms with van der Waals surface area (Å²) in [7, 11) is 0. The maximum Gasteiger partial charge on any atom is 0.257 e. The van der Waals surface area contributed by atoms with Crippen molar-refractivity contribution in [1.29, 1.82) is 0 Å². The maximum absolute atomic E-state index is 16.3. The molecule has 2 aliphatic rings. The molecule has 1 fully saturated rings. The number of carbonyl (C=O) groups excluding carboxylic acids is 1. The first kappa shape index (κ1) is 28.4. The fourth-order valence-corrected chi connectivity index (χ4v) is 6.09. The number of fused-ring (bicyclic) bond motifs is 1. The minimum absolute atomic E-state index is 0.0710. The number of hydrogen-bond acceptors (Lipinski definition) is 5. The number of carbonyl (C=O) groups is 1. The minimum Gasteiger partial charge on any atom is -0.396 e. The number of benzene rings is 3. The van der Waals surface area contributed by atoms with Gasteiger partial charge >= 0.3 is 0 Å². The lowest BCUT2D eigenvalue weighted by Crippen LogP contribution is -2.48. The lowest BCUT2D eigenvalue weighted by Gasteiger charge is -2.40. The van der Waals surface area contributed by atoms with Gasteiger partial charge in [0.25, 0.3) is 5.91 Å². The van der Waals surface area contributed by atoms with Crippen LogP contribution < -0.4 is 0 Å². The molecule has 1 aliphatic heterocycles. The summed E-state index contributed by atoms with van der Waals surface area (Å²) in [5.74, 6) is -1.09. The SMILES string of the molecule is CSc1cc(Cl)ccc1CN1C(=O)c2cc(C(C)(C)O)cc(F)c2C1(OCC1(CO)CC1)c1ccc(Cl)cc1. The van der Waals surface area contributed by atoms with Crippen LogP contribution in [0.25, 0.3) is 0 Å². The number of amides is 1. The topological polar surface area (TPSA) is 70.0 Å². The second-order valence-electron chi connectivity index (χ2n) is 10.9. The van der Waals surface area contributed by atoms with Crippen LogP contribution in [0.4, 0.5) is 4.39 Å². The summed E-state index contributed by atoms with van der Waals surface area (Å²) in [5, 5.41) is 21.8.